The summed E-state index contributed by atoms with van der Waals surface area (Å²) in [5.41, 5.74) is 1.40. The van der Waals surface area contributed by atoms with Crippen molar-refractivity contribution in [2.45, 2.75) is 93.5 Å². The molecule has 242 valence electrons. The Balaban J connectivity index is 1.09. The van der Waals surface area contributed by atoms with E-state index in [-0.39, 0.29) is 34.9 Å². The van der Waals surface area contributed by atoms with Gasteiger partial charge in [-0.2, -0.15) is 0 Å². The number of nitrogens with zero attached hydrogens (tertiary/aromatic N) is 2. The van der Waals surface area contributed by atoms with E-state index in [0.717, 1.165) is 55.9 Å². The molecule has 0 bridgehead atoms. The number of H-pyrrole nitrogens is 1. The average Bonchev–Trinajstić information content (AvgIpc) is 3.50. The summed E-state index contributed by atoms with van der Waals surface area (Å²) in [7, 11) is -4.25. The van der Waals surface area contributed by atoms with Gasteiger partial charge in [0.1, 0.15) is 12.1 Å². The third-order valence-corrected chi connectivity index (χ3v) is 11.2. The molecule has 4 N–H and O–H groups in total. The summed E-state index contributed by atoms with van der Waals surface area (Å²) < 4.78 is 11.5. The quantitative estimate of drug-likeness (QED) is 0.297. The van der Waals surface area contributed by atoms with Crippen molar-refractivity contribution in [1.29, 1.82) is 0 Å². The van der Waals surface area contributed by atoms with E-state index in [9.17, 15) is 33.5 Å². The Bertz CT molecular complexity index is 1810. The van der Waals surface area contributed by atoms with Crippen LogP contribution in [-0.4, -0.2) is 72.5 Å². The number of hydrogen-bond donors (Lipinski definition) is 4. The lowest BCUT2D eigenvalue weighted by Gasteiger charge is -2.37. The molecule has 1 aliphatic carbocycles. The van der Waals surface area contributed by atoms with Gasteiger partial charge in [0.15, 0.2) is 0 Å². The van der Waals surface area contributed by atoms with Crippen molar-refractivity contribution < 1.29 is 28.7 Å². The number of benzene rings is 2. The molecule has 0 radical (unpaired) electrons. The Hall–Kier alpha value is -3.79. The van der Waals surface area contributed by atoms with Crippen molar-refractivity contribution >= 4 is 36.1 Å². The van der Waals surface area contributed by atoms with Crippen LogP contribution in [0.1, 0.15) is 85.2 Å². The van der Waals surface area contributed by atoms with Gasteiger partial charge in [-0.05, 0) is 85.0 Å². The molecule has 12 heteroatoms. The molecule has 0 unspecified atom stereocenters. The molecule has 11 nitrogen and oxygen atoms in total. The van der Waals surface area contributed by atoms with Crippen LogP contribution >= 0.6 is 7.60 Å². The standard InChI is InChI=1S/C34H39N4O7P/c39-30-17-23(11-14-35-30)26-18-34(12-13-34)37(19-26)33(42)29-10-9-27-3-1-2-4-28(32(41)38(27)29)36-31(40)24-8-7-22-6-5-21(15-25(22)16-24)20-46(43,44)45/h5-8,11,14-17,26-29H,1-4,9-10,12-13,18-20H2,(H,35,39)(H,36,40)(H2,43,44,45)/t26-,27-,28-,29-/m0/s1. The number of nitrogens with one attached hydrogen (secondary N) is 2. The molecule has 4 aliphatic rings. The fourth-order valence-electron chi connectivity index (χ4n) is 8.03. The van der Waals surface area contributed by atoms with Crippen molar-refractivity contribution in [1.82, 2.24) is 20.1 Å². The van der Waals surface area contributed by atoms with Gasteiger partial charge in [0.2, 0.25) is 17.4 Å². The van der Waals surface area contributed by atoms with Gasteiger partial charge in [0, 0.05) is 41.9 Å². The molecular weight excluding hydrogens is 607 g/mol. The minimum absolute atomic E-state index is 0.0213. The van der Waals surface area contributed by atoms with Gasteiger partial charge in [-0.25, -0.2) is 0 Å². The van der Waals surface area contributed by atoms with Crippen LogP contribution in [0.4, 0.5) is 0 Å². The predicted molar refractivity (Wildman–Crippen MR) is 171 cm³/mol. The van der Waals surface area contributed by atoms with Crippen LogP contribution in [-0.2, 0) is 20.3 Å². The summed E-state index contributed by atoms with van der Waals surface area (Å²) in [5.74, 6) is -0.561. The number of aromatic nitrogens is 1. The molecule has 3 aliphatic heterocycles. The monoisotopic (exact) mass is 646 g/mol. The maximum atomic E-state index is 14.3. The van der Waals surface area contributed by atoms with Crippen LogP contribution in [0, 0.1) is 0 Å². The SMILES string of the molecule is O=C(N[C@H]1CCCC[C@H]2CC[C@@H](C(=O)N3C[C@@H](c4cc[nH]c(=O)c4)CC34CC4)N2C1=O)c1ccc2ccc(CP(=O)(O)O)cc2c1. The number of amides is 3. The van der Waals surface area contributed by atoms with Crippen LogP contribution in [0.15, 0.2) is 59.5 Å². The minimum atomic E-state index is -4.25. The number of rotatable bonds is 6. The molecular formula is C34H39N4O7P. The Morgan fingerprint density at radius 1 is 0.957 bits per heavy atom. The van der Waals surface area contributed by atoms with Crippen molar-refractivity contribution in [2.75, 3.05) is 6.54 Å². The van der Waals surface area contributed by atoms with Crippen molar-refractivity contribution in [3.8, 4) is 0 Å². The Kier molecular flexibility index (Phi) is 7.90. The van der Waals surface area contributed by atoms with Gasteiger partial charge >= 0.3 is 7.60 Å². The zero-order valence-corrected chi connectivity index (χ0v) is 26.5. The molecule has 1 aromatic heterocycles. The second kappa shape index (κ2) is 11.8. The average molecular weight is 647 g/mol. The third kappa shape index (κ3) is 6.04. The molecule has 2 aromatic carbocycles. The van der Waals surface area contributed by atoms with E-state index in [0.29, 0.717) is 35.9 Å². The van der Waals surface area contributed by atoms with Gasteiger partial charge in [0.25, 0.3) is 5.91 Å². The number of carbonyl (C=O) groups excluding carboxylic acids is 3. The Labute approximate surface area is 266 Å². The van der Waals surface area contributed by atoms with E-state index in [1.807, 2.05) is 11.0 Å². The highest BCUT2D eigenvalue weighted by Crippen LogP contribution is 2.54. The van der Waals surface area contributed by atoms with Gasteiger partial charge in [-0.1, -0.05) is 37.1 Å². The third-order valence-electron chi connectivity index (χ3n) is 10.4. The maximum absolute atomic E-state index is 14.3. The van der Waals surface area contributed by atoms with E-state index in [1.165, 1.54) is 0 Å². The Morgan fingerprint density at radius 2 is 1.74 bits per heavy atom. The predicted octanol–water partition coefficient (Wildman–Crippen LogP) is 3.79. The van der Waals surface area contributed by atoms with Gasteiger partial charge in [-0.3, -0.25) is 23.7 Å². The highest BCUT2D eigenvalue weighted by Gasteiger charge is 2.58. The van der Waals surface area contributed by atoms with E-state index in [4.69, 9.17) is 0 Å². The summed E-state index contributed by atoms with van der Waals surface area (Å²) in [6, 6.07) is 12.4. The van der Waals surface area contributed by atoms with E-state index in [2.05, 4.69) is 10.3 Å². The van der Waals surface area contributed by atoms with E-state index in [1.54, 1.807) is 53.6 Å². The molecule has 46 heavy (non-hydrogen) atoms. The summed E-state index contributed by atoms with van der Waals surface area (Å²) in [4.78, 5) is 79.2. The van der Waals surface area contributed by atoms with Crippen molar-refractivity contribution in [3.05, 3.63) is 81.8 Å². The zero-order valence-electron chi connectivity index (χ0n) is 25.6. The second-order valence-corrected chi connectivity index (χ2v) is 15.2. The molecule has 4 heterocycles. The topological polar surface area (TPSA) is 160 Å². The molecule has 3 amide bonds. The first-order valence-electron chi connectivity index (χ1n) is 16.2. The smallest absolute Gasteiger partial charge is 0.329 e. The van der Waals surface area contributed by atoms with E-state index >= 15 is 0 Å². The van der Waals surface area contributed by atoms with Crippen LogP contribution < -0.4 is 10.9 Å². The van der Waals surface area contributed by atoms with Crippen LogP contribution in [0.2, 0.25) is 0 Å². The number of carbonyl (C=O) groups is 3. The lowest BCUT2D eigenvalue weighted by atomic mass is 9.96. The summed E-state index contributed by atoms with van der Waals surface area (Å²) in [5, 5.41) is 4.46. The highest BCUT2D eigenvalue weighted by atomic mass is 31.2. The normalized spacial score (nSPS) is 25.7. The molecule has 7 rings (SSSR count). The lowest BCUT2D eigenvalue weighted by molar-refractivity contribution is -0.148. The number of likely N-dealkylation sites (tertiary alicyclic amines) is 1. The first-order valence-corrected chi connectivity index (χ1v) is 18.0. The van der Waals surface area contributed by atoms with Crippen molar-refractivity contribution in [2.24, 2.45) is 0 Å². The van der Waals surface area contributed by atoms with Crippen molar-refractivity contribution in [3.63, 3.8) is 0 Å². The molecule has 3 aromatic rings. The molecule has 1 spiro atoms. The number of hydrogen-bond acceptors (Lipinski definition) is 5. The zero-order chi connectivity index (χ0) is 32.2. The van der Waals surface area contributed by atoms with Gasteiger partial charge in [-0.15, -0.1) is 0 Å². The largest absolute Gasteiger partial charge is 0.340 e. The lowest BCUT2D eigenvalue weighted by Crippen LogP contribution is -2.57. The molecule has 1 saturated carbocycles. The number of fused-ring (bicyclic) bond motifs is 2. The fraction of sp³-hybridized carbons (Fsp3) is 0.471. The van der Waals surface area contributed by atoms with Crippen LogP contribution in [0.3, 0.4) is 0 Å². The summed E-state index contributed by atoms with van der Waals surface area (Å²) >= 11 is 0. The van der Waals surface area contributed by atoms with Crippen LogP contribution in [0.25, 0.3) is 10.8 Å². The Morgan fingerprint density at radius 3 is 2.50 bits per heavy atom. The molecule has 4 fully saturated rings. The fourth-order valence-corrected chi connectivity index (χ4v) is 8.70. The number of aromatic amines is 1. The summed E-state index contributed by atoms with van der Waals surface area (Å²) in [6.07, 6.45) is 8.28. The first kappa shape index (κ1) is 30.8. The minimum Gasteiger partial charge on any atom is -0.340 e. The highest BCUT2D eigenvalue weighted by molar-refractivity contribution is 7.50. The maximum Gasteiger partial charge on any atom is 0.329 e. The van der Waals surface area contributed by atoms with Crippen LogP contribution in [0.5, 0.6) is 0 Å². The summed E-state index contributed by atoms with van der Waals surface area (Å²) in [6.45, 7) is 0.531. The molecule has 4 atom stereocenters. The number of pyridine rings is 1. The van der Waals surface area contributed by atoms with Gasteiger partial charge < -0.3 is 29.9 Å². The van der Waals surface area contributed by atoms with E-state index < -0.39 is 31.7 Å². The van der Waals surface area contributed by atoms with Gasteiger partial charge in [0.05, 0.1) is 6.16 Å². The first-order chi connectivity index (χ1) is 22.0. The molecule has 3 saturated heterocycles. The second-order valence-electron chi connectivity index (χ2n) is 13.6.